The molecule has 0 spiro atoms. The van der Waals surface area contributed by atoms with Crippen LogP contribution >= 0.6 is 8.53 Å². The summed E-state index contributed by atoms with van der Waals surface area (Å²) < 4.78 is 56.2. The molecule has 2 aromatic carbocycles. The number of hydrogen-bond donors (Lipinski definition) is 3. The fraction of sp³-hybridized carbons (Fsp3) is 0.423. The van der Waals surface area contributed by atoms with Gasteiger partial charge in [-0.05, 0) is 25.3 Å². The number of alkyl halides is 2. The molecule has 0 amide bonds. The normalized spacial score (nSPS) is 18.7. The lowest BCUT2D eigenvalue weighted by Crippen LogP contribution is -2.32. The van der Waals surface area contributed by atoms with Gasteiger partial charge in [-0.15, -0.1) is 0 Å². The number of aromatic nitrogens is 2. The van der Waals surface area contributed by atoms with Crippen molar-refractivity contribution in [2.45, 2.75) is 44.8 Å². The maximum Gasteiger partial charge on any atom is 0.351 e. The second-order valence-corrected chi connectivity index (χ2v) is 9.92. The van der Waals surface area contributed by atoms with Crippen LogP contribution in [0.5, 0.6) is 5.75 Å². The Morgan fingerprint density at radius 3 is 2.59 bits per heavy atom. The van der Waals surface area contributed by atoms with E-state index in [-0.39, 0.29) is 19.6 Å². The van der Waals surface area contributed by atoms with Crippen LogP contribution in [0.4, 0.5) is 19.0 Å². The first kappa shape index (κ1) is 34.1. The molecule has 3 aromatic rings. The lowest BCUT2D eigenvalue weighted by atomic mass is 10.1. The van der Waals surface area contributed by atoms with Crippen molar-refractivity contribution >= 4 is 31.4 Å². The molecule has 1 aliphatic rings. The third kappa shape index (κ3) is 10.7. The Kier molecular flexibility index (Phi) is 14.7. The number of nitrogens with two attached hydrogens (primary N) is 1. The number of benzene rings is 2. The Balaban J connectivity index is 0.000000653. The highest BCUT2D eigenvalue weighted by Crippen LogP contribution is 2.40. The summed E-state index contributed by atoms with van der Waals surface area (Å²) in [5.74, 6) is -0.839. The number of carbonyl (C=O) groups is 1. The summed E-state index contributed by atoms with van der Waals surface area (Å²) in [6.45, 7) is 2.26. The number of rotatable bonds is 10. The van der Waals surface area contributed by atoms with E-state index in [1.54, 1.807) is 13.2 Å². The van der Waals surface area contributed by atoms with E-state index in [0.717, 1.165) is 21.5 Å². The zero-order valence-corrected chi connectivity index (χ0v) is 23.7. The van der Waals surface area contributed by atoms with E-state index in [1.807, 2.05) is 50.2 Å². The quantitative estimate of drug-likeness (QED) is 0.231. The molecule has 0 aliphatic carbocycles. The number of methoxy groups -OCH3 is 1. The molecular formula is C26H34F3N4O7P. The Morgan fingerprint density at radius 1 is 1.27 bits per heavy atom. The topological polar surface area (TPSA) is 147 Å². The van der Waals surface area contributed by atoms with E-state index >= 15 is 0 Å². The summed E-state index contributed by atoms with van der Waals surface area (Å²) >= 11 is 0. The monoisotopic (exact) mass is 602 g/mol. The first-order valence-corrected chi connectivity index (χ1v) is 13.6. The van der Waals surface area contributed by atoms with Gasteiger partial charge in [0.25, 0.3) is 0 Å². The molecule has 4 unspecified atom stereocenters. The molecule has 0 saturated carbocycles. The number of aliphatic hydroxyl groups excluding tert-OH is 1. The highest BCUT2D eigenvalue weighted by Gasteiger charge is 2.37. The van der Waals surface area contributed by atoms with Crippen LogP contribution < -0.4 is 21.0 Å². The number of ether oxygens (including phenoxy) is 2. The summed E-state index contributed by atoms with van der Waals surface area (Å²) in [4.78, 5) is 26.3. The zero-order valence-electron chi connectivity index (χ0n) is 22.8. The van der Waals surface area contributed by atoms with Crippen molar-refractivity contribution in [2.24, 2.45) is 0 Å². The highest BCUT2D eigenvalue weighted by molar-refractivity contribution is 7.45. The highest BCUT2D eigenvalue weighted by atomic mass is 31.2. The molecule has 1 aliphatic heterocycles. The van der Waals surface area contributed by atoms with E-state index in [2.05, 4.69) is 10.1 Å². The summed E-state index contributed by atoms with van der Waals surface area (Å²) in [7, 11) is -0.0319. The van der Waals surface area contributed by atoms with Gasteiger partial charge < -0.3 is 34.2 Å². The van der Waals surface area contributed by atoms with Crippen LogP contribution in [0.25, 0.3) is 10.8 Å². The number of hydrogen-bond acceptors (Lipinski definition) is 10. The fourth-order valence-electron chi connectivity index (χ4n) is 3.46. The third-order valence-corrected chi connectivity index (χ3v) is 6.64. The molecule has 11 nitrogen and oxygen atoms in total. The molecule has 4 rings (SSSR count). The number of nitrogen functional groups attached to an aromatic ring is 1. The van der Waals surface area contributed by atoms with Gasteiger partial charge in [0.05, 0.1) is 31.6 Å². The van der Waals surface area contributed by atoms with Crippen molar-refractivity contribution in [2.75, 3.05) is 32.9 Å². The van der Waals surface area contributed by atoms with Crippen molar-refractivity contribution < 1.29 is 41.6 Å². The molecule has 4 atom stereocenters. The van der Waals surface area contributed by atoms with Crippen molar-refractivity contribution in [1.82, 2.24) is 14.6 Å². The van der Waals surface area contributed by atoms with Gasteiger partial charge in [-0.3, -0.25) is 4.57 Å². The van der Waals surface area contributed by atoms with Gasteiger partial charge in [-0.2, -0.15) is 4.98 Å². The summed E-state index contributed by atoms with van der Waals surface area (Å²) in [6, 6.07) is 13.3. The largest absolute Gasteiger partial charge is 0.435 e. The fourth-order valence-corrected chi connectivity index (χ4v) is 4.53. The lowest BCUT2D eigenvalue weighted by Gasteiger charge is -2.21. The van der Waals surface area contributed by atoms with E-state index in [4.69, 9.17) is 24.3 Å². The van der Waals surface area contributed by atoms with Crippen LogP contribution in [-0.4, -0.2) is 66.4 Å². The van der Waals surface area contributed by atoms with Gasteiger partial charge in [-0.1, -0.05) is 36.4 Å². The van der Waals surface area contributed by atoms with E-state index in [9.17, 15) is 27.9 Å². The molecule has 1 fully saturated rings. The van der Waals surface area contributed by atoms with Crippen LogP contribution in [0.1, 0.15) is 26.5 Å². The van der Waals surface area contributed by atoms with Crippen molar-refractivity contribution in [3.8, 4) is 5.75 Å². The lowest BCUT2D eigenvalue weighted by molar-refractivity contribution is -0.107. The first-order valence-electron chi connectivity index (χ1n) is 12.4. The van der Waals surface area contributed by atoms with Crippen LogP contribution in [0.3, 0.4) is 0 Å². The average molecular weight is 603 g/mol. The second kappa shape index (κ2) is 17.6. The van der Waals surface area contributed by atoms with E-state index in [0.29, 0.717) is 18.1 Å². The van der Waals surface area contributed by atoms with Gasteiger partial charge in [-0.25, -0.2) is 23.1 Å². The third-order valence-electron chi connectivity index (χ3n) is 5.46. The maximum atomic E-state index is 13.8. The van der Waals surface area contributed by atoms with Gasteiger partial charge in [0.2, 0.25) is 6.93 Å². The van der Waals surface area contributed by atoms with Gasteiger partial charge in [0.15, 0.2) is 17.9 Å². The van der Waals surface area contributed by atoms with Crippen LogP contribution in [0, 0.1) is 5.82 Å². The Hall–Kier alpha value is -3.13. The number of carbonyl (C=O) groups excluding carboxylic acids is 1. The maximum absolute atomic E-state index is 13.8. The second-order valence-electron chi connectivity index (χ2n) is 8.65. The standard InChI is InChI=1S/C21H22FN4O6P.C4H10O.CH2F2/c22-16-11-26(21(29)25-19(16)23)20-17(28)10-14(31-20)12-30-33(24-8-9-27)32-18-7-3-5-13-4-1-2-6-15(13)18;1-4(2)5-3;2-1-3/h1-7,9,11,14,17,20,24,28H,8,10,12H2,(H2,23,25,29);4H,1-3H3;1H2. The molecular weight excluding hydrogens is 568 g/mol. The molecule has 226 valence electrons. The molecule has 0 radical (unpaired) electrons. The number of aliphatic hydroxyl groups is 1. The smallest absolute Gasteiger partial charge is 0.351 e. The summed E-state index contributed by atoms with van der Waals surface area (Å²) in [5, 5.41) is 15.1. The SMILES string of the molecule is COC(C)C.FCF.Nc1nc(=O)n(C2OC(COP(NCC=O)Oc3cccc4ccccc34)CC2O)cc1F. The number of nitrogens with zero attached hydrogens (tertiary/aromatic N) is 2. The predicted molar refractivity (Wildman–Crippen MR) is 148 cm³/mol. The minimum atomic E-state index is -1.75. The number of halogens is 3. The van der Waals surface area contributed by atoms with Crippen molar-refractivity contribution in [3.05, 3.63) is 65.0 Å². The van der Waals surface area contributed by atoms with Crippen LogP contribution in [0.15, 0.2) is 53.5 Å². The van der Waals surface area contributed by atoms with Gasteiger partial charge in [0.1, 0.15) is 18.1 Å². The molecule has 4 N–H and O–H groups in total. The molecule has 0 bridgehead atoms. The Morgan fingerprint density at radius 2 is 1.93 bits per heavy atom. The Labute approximate surface area is 236 Å². The molecule has 2 heterocycles. The van der Waals surface area contributed by atoms with Gasteiger partial charge in [0, 0.05) is 18.9 Å². The van der Waals surface area contributed by atoms with Gasteiger partial charge >= 0.3 is 14.2 Å². The number of fused-ring (bicyclic) bond motifs is 1. The predicted octanol–water partition coefficient (Wildman–Crippen LogP) is 3.80. The summed E-state index contributed by atoms with van der Waals surface area (Å²) in [5.41, 5.74) is 4.46. The summed E-state index contributed by atoms with van der Waals surface area (Å²) in [6.07, 6.45) is -0.785. The molecule has 1 aromatic heterocycles. The first-order chi connectivity index (χ1) is 19.6. The number of aldehydes is 1. The Bertz CT molecular complexity index is 1280. The minimum Gasteiger partial charge on any atom is -0.435 e. The average Bonchev–Trinajstić information content (AvgIpc) is 3.33. The minimum absolute atomic E-state index is 0.00444. The van der Waals surface area contributed by atoms with Crippen LogP contribution in [-0.2, 0) is 18.8 Å². The number of nitrogens with one attached hydrogen (secondary N) is 1. The molecule has 41 heavy (non-hydrogen) atoms. The van der Waals surface area contributed by atoms with Crippen LogP contribution in [0.2, 0.25) is 0 Å². The van der Waals surface area contributed by atoms with Crippen molar-refractivity contribution in [3.63, 3.8) is 0 Å². The van der Waals surface area contributed by atoms with Crippen molar-refractivity contribution in [1.29, 1.82) is 0 Å². The zero-order chi connectivity index (χ0) is 30.4. The van der Waals surface area contributed by atoms with E-state index in [1.165, 1.54) is 0 Å². The molecule has 15 heteroatoms. The molecule has 1 saturated heterocycles. The number of anilines is 1. The van der Waals surface area contributed by atoms with E-state index < -0.39 is 51.2 Å².